The topological polar surface area (TPSA) is 150 Å². The van der Waals surface area contributed by atoms with Crippen LogP contribution in [0.5, 0.6) is 5.75 Å². The maximum absolute atomic E-state index is 14.3. The third-order valence-electron chi connectivity index (χ3n) is 6.16. The lowest BCUT2D eigenvalue weighted by Gasteiger charge is -2.21. The Kier molecular flexibility index (Phi) is 10.2. The molecule has 12 nitrogen and oxygen atoms in total. The minimum absolute atomic E-state index is 0.0166. The molecule has 3 rings (SSSR count). The molecule has 0 radical (unpaired) electrons. The van der Waals surface area contributed by atoms with Crippen molar-refractivity contribution >= 4 is 34.6 Å². The van der Waals surface area contributed by atoms with Crippen molar-refractivity contribution in [3.63, 3.8) is 0 Å². The van der Waals surface area contributed by atoms with Gasteiger partial charge in [-0.15, -0.1) is 0 Å². The highest BCUT2D eigenvalue weighted by molar-refractivity contribution is 5.92. The summed E-state index contributed by atoms with van der Waals surface area (Å²) in [6.45, 7) is 3.54. The zero-order valence-corrected chi connectivity index (χ0v) is 23.7. The van der Waals surface area contributed by atoms with Crippen LogP contribution in [0.3, 0.4) is 0 Å². The molecule has 3 amide bonds. The van der Waals surface area contributed by atoms with E-state index >= 15 is 0 Å². The number of H-pyrrole nitrogens is 1. The van der Waals surface area contributed by atoms with Crippen molar-refractivity contribution in [1.29, 1.82) is 0 Å². The van der Waals surface area contributed by atoms with Gasteiger partial charge in [-0.1, -0.05) is 6.08 Å². The van der Waals surface area contributed by atoms with E-state index in [0.717, 1.165) is 11.1 Å². The van der Waals surface area contributed by atoms with Gasteiger partial charge in [0.1, 0.15) is 11.2 Å². The number of amides is 3. The molecule has 0 aliphatic heterocycles. The maximum atomic E-state index is 14.3. The number of aromatic amines is 1. The lowest BCUT2D eigenvalue weighted by molar-refractivity contribution is -0.123. The number of hydrogen-bond acceptors (Lipinski definition) is 6. The third kappa shape index (κ3) is 8.16. The Labute approximate surface area is 236 Å². The number of aromatic nitrogens is 3. The van der Waals surface area contributed by atoms with E-state index in [9.17, 15) is 28.7 Å². The molecule has 0 aliphatic carbocycles. The second kappa shape index (κ2) is 13.6. The molecule has 0 saturated heterocycles. The van der Waals surface area contributed by atoms with E-state index in [0.29, 0.717) is 23.1 Å². The first-order valence-electron chi connectivity index (χ1n) is 13.0. The molecule has 41 heavy (non-hydrogen) atoms. The molecule has 3 heterocycles. The van der Waals surface area contributed by atoms with Gasteiger partial charge in [-0.3, -0.25) is 19.4 Å². The highest BCUT2D eigenvalue weighted by Gasteiger charge is 2.23. The predicted molar refractivity (Wildman–Crippen MR) is 151 cm³/mol. The minimum Gasteiger partial charge on any atom is -0.486 e. The lowest BCUT2D eigenvalue weighted by atomic mass is 10.0. The SMILES string of the molecule is CC(C)Oc1c(F)cnc2cc(Cn3cccc(NC(=O)[C@@H](CC/C=C/C(=O)N(C)C)CN(C)C(=O)O)c3=O)[nH]c12. The molecule has 1 atom stereocenters. The smallest absolute Gasteiger partial charge is 0.407 e. The Bertz CT molecular complexity index is 1490. The lowest BCUT2D eigenvalue weighted by Crippen LogP contribution is -2.37. The number of hydrogen-bond donors (Lipinski definition) is 3. The Hall–Kier alpha value is -4.68. The van der Waals surface area contributed by atoms with Crippen molar-refractivity contribution in [2.75, 3.05) is 33.0 Å². The molecule has 0 aromatic carbocycles. The average molecular weight is 571 g/mol. The van der Waals surface area contributed by atoms with Crippen molar-refractivity contribution in [1.82, 2.24) is 24.3 Å². The van der Waals surface area contributed by atoms with Crippen LogP contribution in [-0.2, 0) is 16.1 Å². The Morgan fingerprint density at radius 2 is 2.00 bits per heavy atom. The van der Waals surface area contributed by atoms with Gasteiger partial charge in [0, 0.05) is 39.6 Å². The molecule has 220 valence electrons. The molecule has 3 aromatic heterocycles. The molecule has 0 aliphatic rings. The number of halogens is 1. The van der Waals surface area contributed by atoms with Gasteiger partial charge in [-0.25, -0.2) is 9.18 Å². The number of nitrogens with one attached hydrogen (secondary N) is 2. The van der Waals surface area contributed by atoms with E-state index in [1.54, 1.807) is 52.3 Å². The molecule has 0 spiro atoms. The molecular formula is C28H35FN6O6. The predicted octanol–water partition coefficient (Wildman–Crippen LogP) is 3.29. The van der Waals surface area contributed by atoms with Gasteiger partial charge >= 0.3 is 6.09 Å². The molecule has 0 bridgehead atoms. The standard InChI is InChI=1S/C28H35FN6O6/c1-17(2)41-25-20(29)14-30-22-13-19(31-24(22)25)16-35-12-8-10-21(27(35)38)32-26(37)18(15-34(5)28(39)40)9-6-7-11-23(36)33(3)4/h7-8,10-14,17-18,31H,6,9,15-16H2,1-5H3,(H,32,37)(H,39,40)/b11-7+/t18-/m0/s1. The molecule has 3 N–H and O–H groups in total. The van der Waals surface area contributed by atoms with E-state index in [1.165, 1.54) is 28.7 Å². The van der Waals surface area contributed by atoms with Crippen molar-refractivity contribution < 1.29 is 28.6 Å². The summed E-state index contributed by atoms with van der Waals surface area (Å²) < 4.78 is 21.3. The van der Waals surface area contributed by atoms with Gasteiger partial charge in [-0.2, -0.15) is 0 Å². The fourth-order valence-electron chi connectivity index (χ4n) is 4.03. The van der Waals surface area contributed by atoms with Crippen LogP contribution in [-0.4, -0.2) is 81.1 Å². The highest BCUT2D eigenvalue weighted by Crippen LogP contribution is 2.28. The number of carbonyl (C=O) groups is 3. The number of ether oxygens (including phenoxy) is 1. The quantitative estimate of drug-likeness (QED) is 0.283. The van der Waals surface area contributed by atoms with Crippen LogP contribution in [0.2, 0.25) is 0 Å². The van der Waals surface area contributed by atoms with Gasteiger partial charge < -0.3 is 34.5 Å². The van der Waals surface area contributed by atoms with E-state index < -0.39 is 29.3 Å². The molecule has 3 aromatic rings. The molecule has 0 saturated carbocycles. The molecule has 0 unspecified atom stereocenters. The van der Waals surface area contributed by atoms with Crippen molar-refractivity contribution in [2.45, 2.75) is 39.3 Å². The Morgan fingerprint density at radius 1 is 1.27 bits per heavy atom. The number of likely N-dealkylation sites (N-methyl/N-ethyl adjacent to an activating group) is 1. The van der Waals surface area contributed by atoms with E-state index in [-0.39, 0.29) is 43.0 Å². The average Bonchev–Trinajstić information content (AvgIpc) is 3.32. The van der Waals surface area contributed by atoms with Crippen molar-refractivity contribution in [3.05, 3.63) is 64.6 Å². The van der Waals surface area contributed by atoms with Crippen LogP contribution in [0.15, 0.2) is 47.5 Å². The fraction of sp³-hybridized carbons (Fsp3) is 0.393. The van der Waals surface area contributed by atoms with E-state index in [2.05, 4.69) is 15.3 Å². The number of nitrogens with zero attached hydrogens (tertiary/aromatic N) is 4. The minimum atomic E-state index is -1.20. The first kappa shape index (κ1) is 30.9. The van der Waals surface area contributed by atoms with Gasteiger partial charge in [0.2, 0.25) is 11.8 Å². The van der Waals surface area contributed by atoms with Crippen LogP contribution in [0, 0.1) is 11.7 Å². The van der Waals surface area contributed by atoms with Crippen LogP contribution in [0.25, 0.3) is 11.0 Å². The van der Waals surface area contributed by atoms with Crippen molar-refractivity contribution in [2.24, 2.45) is 5.92 Å². The largest absolute Gasteiger partial charge is 0.486 e. The van der Waals surface area contributed by atoms with Gasteiger partial charge in [-0.05, 0) is 51.0 Å². The Morgan fingerprint density at radius 3 is 2.66 bits per heavy atom. The number of anilines is 1. The van der Waals surface area contributed by atoms with Crippen LogP contribution in [0.4, 0.5) is 14.9 Å². The van der Waals surface area contributed by atoms with Crippen LogP contribution in [0.1, 0.15) is 32.4 Å². The molecule has 13 heteroatoms. The van der Waals surface area contributed by atoms with Crippen LogP contribution >= 0.6 is 0 Å². The number of fused-ring (bicyclic) bond motifs is 1. The summed E-state index contributed by atoms with van der Waals surface area (Å²) in [5.41, 5.74) is 0.943. The summed E-state index contributed by atoms with van der Waals surface area (Å²) in [5.74, 6) is -2.08. The van der Waals surface area contributed by atoms with Crippen molar-refractivity contribution in [3.8, 4) is 5.75 Å². The van der Waals surface area contributed by atoms with E-state index in [4.69, 9.17) is 4.74 Å². The third-order valence-corrected chi connectivity index (χ3v) is 6.16. The second-order valence-electron chi connectivity index (χ2n) is 10.1. The number of carbonyl (C=O) groups excluding carboxylic acids is 2. The normalized spacial score (nSPS) is 12.1. The number of rotatable bonds is 12. The first-order chi connectivity index (χ1) is 19.4. The summed E-state index contributed by atoms with van der Waals surface area (Å²) in [7, 11) is 4.58. The number of carboxylic acid groups (broad SMARTS) is 1. The summed E-state index contributed by atoms with van der Waals surface area (Å²) in [6, 6.07) is 4.74. The van der Waals surface area contributed by atoms with Gasteiger partial charge in [0.05, 0.1) is 30.3 Å². The van der Waals surface area contributed by atoms with Gasteiger partial charge in [0.25, 0.3) is 5.56 Å². The van der Waals surface area contributed by atoms with Gasteiger partial charge in [0.15, 0.2) is 11.6 Å². The highest BCUT2D eigenvalue weighted by atomic mass is 19.1. The summed E-state index contributed by atoms with van der Waals surface area (Å²) in [4.78, 5) is 59.1. The zero-order valence-electron chi connectivity index (χ0n) is 23.7. The number of pyridine rings is 2. The second-order valence-corrected chi connectivity index (χ2v) is 10.1. The van der Waals surface area contributed by atoms with E-state index in [1.807, 2.05) is 0 Å². The molecule has 0 fully saturated rings. The summed E-state index contributed by atoms with van der Waals surface area (Å²) in [6.07, 6.45) is 4.77. The summed E-state index contributed by atoms with van der Waals surface area (Å²) in [5, 5.41) is 11.9. The monoisotopic (exact) mass is 570 g/mol. The fourth-order valence-corrected chi connectivity index (χ4v) is 4.03. The van der Waals surface area contributed by atoms with Crippen LogP contribution < -0.4 is 15.6 Å². The maximum Gasteiger partial charge on any atom is 0.407 e. The zero-order chi connectivity index (χ0) is 30.3. The number of allylic oxidation sites excluding steroid dienone is 1. The summed E-state index contributed by atoms with van der Waals surface area (Å²) >= 11 is 0. The first-order valence-corrected chi connectivity index (χ1v) is 13.0. The Balaban J connectivity index is 1.79. The molecular weight excluding hydrogens is 535 g/mol.